The van der Waals surface area contributed by atoms with E-state index in [0.29, 0.717) is 11.3 Å². The van der Waals surface area contributed by atoms with Gasteiger partial charge in [-0.15, -0.1) is 0 Å². The molecule has 0 heterocycles. The number of carbonyl (C=O) groups is 2. The fourth-order valence-corrected chi connectivity index (χ4v) is 3.04. The van der Waals surface area contributed by atoms with Crippen LogP contribution in [0.2, 0.25) is 0 Å². The van der Waals surface area contributed by atoms with Crippen molar-refractivity contribution in [3.63, 3.8) is 0 Å². The number of aromatic hydroxyl groups is 1. The number of phenolic OH excluding ortho intramolecular Hbond substituents is 1. The third kappa shape index (κ3) is 4.97. The zero-order valence-electron chi connectivity index (χ0n) is 16.8. The predicted molar refractivity (Wildman–Crippen MR) is 113 cm³/mol. The Balaban J connectivity index is 1.71. The molecule has 0 unspecified atom stereocenters. The minimum absolute atomic E-state index is 0.0255. The number of phenols is 1. The number of aryl methyl sites for hydroxylation is 1. The van der Waals surface area contributed by atoms with Crippen LogP contribution in [0.25, 0.3) is 0 Å². The maximum Gasteiger partial charge on any atom is 0.342 e. The number of ether oxygens (including phenoxy) is 2. The summed E-state index contributed by atoms with van der Waals surface area (Å²) in [5.74, 6) is -0.653. The molecule has 0 radical (unpaired) electrons. The van der Waals surface area contributed by atoms with Gasteiger partial charge >= 0.3 is 5.97 Å². The van der Waals surface area contributed by atoms with Crippen LogP contribution < -0.4 is 10.1 Å². The highest BCUT2D eigenvalue weighted by molar-refractivity contribution is 5.94. The fourth-order valence-electron chi connectivity index (χ4n) is 3.04. The summed E-state index contributed by atoms with van der Waals surface area (Å²) in [5.41, 5.74) is 2.33. The summed E-state index contributed by atoms with van der Waals surface area (Å²) in [6, 6.07) is 21.2. The molecule has 0 aliphatic rings. The summed E-state index contributed by atoms with van der Waals surface area (Å²) < 4.78 is 10.3. The van der Waals surface area contributed by atoms with E-state index in [0.717, 1.165) is 11.1 Å². The zero-order chi connectivity index (χ0) is 21.5. The molecule has 6 nitrogen and oxygen atoms in total. The summed E-state index contributed by atoms with van der Waals surface area (Å²) in [5, 5.41) is 12.9. The third-order valence-electron chi connectivity index (χ3n) is 4.68. The molecule has 1 amide bonds. The van der Waals surface area contributed by atoms with Crippen molar-refractivity contribution in [2.24, 2.45) is 0 Å². The van der Waals surface area contributed by atoms with E-state index in [1.807, 2.05) is 54.6 Å². The molecule has 0 spiro atoms. The van der Waals surface area contributed by atoms with Crippen LogP contribution in [0.3, 0.4) is 0 Å². The minimum Gasteiger partial charge on any atom is -0.507 e. The van der Waals surface area contributed by atoms with Crippen LogP contribution in [0, 0.1) is 6.92 Å². The first-order valence-corrected chi connectivity index (χ1v) is 9.43. The Bertz CT molecular complexity index is 1020. The molecule has 30 heavy (non-hydrogen) atoms. The third-order valence-corrected chi connectivity index (χ3v) is 4.68. The van der Waals surface area contributed by atoms with Crippen LogP contribution >= 0.6 is 0 Å². The lowest BCUT2D eigenvalue weighted by Crippen LogP contribution is -2.33. The van der Waals surface area contributed by atoms with E-state index in [1.54, 1.807) is 26.2 Å². The Morgan fingerprint density at radius 3 is 2.27 bits per heavy atom. The Morgan fingerprint density at radius 1 is 0.933 bits per heavy atom. The number of rotatable bonds is 7. The van der Waals surface area contributed by atoms with Crippen molar-refractivity contribution >= 4 is 11.9 Å². The van der Waals surface area contributed by atoms with Gasteiger partial charge in [0.1, 0.15) is 17.1 Å². The number of nitrogens with one attached hydrogen (secondary N) is 1. The number of methoxy groups -OCH3 is 1. The molecule has 3 aromatic rings. The molecule has 154 valence electrons. The molecule has 2 N–H and O–H groups in total. The zero-order valence-corrected chi connectivity index (χ0v) is 16.8. The van der Waals surface area contributed by atoms with Crippen molar-refractivity contribution in [1.29, 1.82) is 0 Å². The van der Waals surface area contributed by atoms with Crippen LogP contribution in [-0.4, -0.2) is 30.7 Å². The van der Waals surface area contributed by atoms with Crippen molar-refractivity contribution in [3.8, 4) is 11.5 Å². The van der Waals surface area contributed by atoms with Crippen molar-refractivity contribution in [3.05, 3.63) is 95.1 Å². The van der Waals surface area contributed by atoms with E-state index >= 15 is 0 Å². The smallest absolute Gasteiger partial charge is 0.342 e. The fraction of sp³-hybridized carbons (Fsp3) is 0.167. The average molecular weight is 405 g/mol. The average Bonchev–Trinajstić information content (AvgIpc) is 2.78. The van der Waals surface area contributed by atoms with Gasteiger partial charge in [-0.1, -0.05) is 54.6 Å². The standard InChI is InChI=1S/C24H23NO5/c1-16-7-6-10-20(23(16)27)24(28)30-15-21(26)25-22(17-8-4-3-5-9-17)18-11-13-19(29-2)14-12-18/h3-14,22,27H,15H2,1-2H3,(H,25,26)/t22-/m0/s1. The van der Waals surface area contributed by atoms with Crippen LogP contribution in [-0.2, 0) is 9.53 Å². The summed E-state index contributed by atoms with van der Waals surface area (Å²) in [4.78, 5) is 24.8. The van der Waals surface area contributed by atoms with Crippen molar-refractivity contribution in [1.82, 2.24) is 5.32 Å². The lowest BCUT2D eigenvalue weighted by Gasteiger charge is -2.20. The molecule has 0 aromatic heterocycles. The number of esters is 1. The van der Waals surface area contributed by atoms with Crippen LogP contribution in [0.4, 0.5) is 0 Å². The van der Waals surface area contributed by atoms with Gasteiger partial charge in [0.2, 0.25) is 0 Å². The number of benzene rings is 3. The highest BCUT2D eigenvalue weighted by Crippen LogP contribution is 2.25. The van der Waals surface area contributed by atoms with Crippen molar-refractivity contribution in [2.45, 2.75) is 13.0 Å². The van der Waals surface area contributed by atoms with Gasteiger partial charge in [-0.05, 0) is 41.8 Å². The maximum absolute atomic E-state index is 12.5. The Hall–Kier alpha value is -3.80. The normalized spacial score (nSPS) is 11.4. The molecular weight excluding hydrogens is 382 g/mol. The number of amides is 1. The molecule has 3 aromatic carbocycles. The van der Waals surface area contributed by atoms with E-state index < -0.39 is 24.5 Å². The molecule has 0 aliphatic heterocycles. The van der Waals surface area contributed by atoms with Gasteiger partial charge in [0.15, 0.2) is 6.61 Å². The predicted octanol–water partition coefficient (Wildman–Crippen LogP) is 3.77. The van der Waals surface area contributed by atoms with Crippen LogP contribution in [0.1, 0.15) is 33.1 Å². The summed E-state index contributed by atoms with van der Waals surface area (Å²) in [6.45, 7) is 1.21. The van der Waals surface area contributed by atoms with Gasteiger partial charge < -0.3 is 19.9 Å². The molecule has 0 aliphatic carbocycles. The Kier molecular flexibility index (Phi) is 6.70. The van der Waals surface area contributed by atoms with Crippen LogP contribution in [0.5, 0.6) is 11.5 Å². The number of carbonyl (C=O) groups excluding carboxylic acids is 2. The molecular formula is C24H23NO5. The second-order valence-corrected chi connectivity index (χ2v) is 6.73. The topological polar surface area (TPSA) is 84.9 Å². The highest BCUT2D eigenvalue weighted by atomic mass is 16.5. The second kappa shape index (κ2) is 9.60. The van der Waals surface area contributed by atoms with Gasteiger partial charge in [-0.3, -0.25) is 4.79 Å². The van der Waals surface area contributed by atoms with Gasteiger partial charge in [-0.25, -0.2) is 4.79 Å². The first kappa shape index (κ1) is 20.9. The Morgan fingerprint density at radius 2 is 1.60 bits per heavy atom. The second-order valence-electron chi connectivity index (χ2n) is 6.73. The number of para-hydroxylation sites is 1. The molecule has 6 heteroatoms. The molecule has 0 saturated carbocycles. The summed E-state index contributed by atoms with van der Waals surface area (Å²) in [6.07, 6.45) is 0. The first-order valence-electron chi connectivity index (χ1n) is 9.43. The van der Waals surface area contributed by atoms with Crippen molar-refractivity contribution < 1.29 is 24.2 Å². The minimum atomic E-state index is -0.757. The maximum atomic E-state index is 12.5. The molecule has 1 atom stereocenters. The Labute approximate surface area is 175 Å². The molecule has 3 rings (SSSR count). The van der Waals surface area contributed by atoms with E-state index in [9.17, 15) is 14.7 Å². The quantitative estimate of drug-likeness (QED) is 0.585. The highest BCUT2D eigenvalue weighted by Gasteiger charge is 2.19. The SMILES string of the molecule is COc1ccc([C@@H](NC(=O)COC(=O)c2cccc(C)c2O)c2ccccc2)cc1. The monoisotopic (exact) mass is 405 g/mol. The van der Waals surface area contributed by atoms with E-state index in [-0.39, 0.29) is 11.3 Å². The van der Waals surface area contributed by atoms with Gasteiger partial charge in [0, 0.05) is 0 Å². The van der Waals surface area contributed by atoms with Gasteiger partial charge in [0.25, 0.3) is 5.91 Å². The molecule has 0 bridgehead atoms. The largest absolute Gasteiger partial charge is 0.507 e. The molecule has 0 fully saturated rings. The summed E-state index contributed by atoms with van der Waals surface area (Å²) in [7, 11) is 1.59. The van der Waals surface area contributed by atoms with Gasteiger partial charge in [0.05, 0.1) is 13.2 Å². The van der Waals surface area contributed by atoms with E-state index in [2.05, 4.69) is 5.32 Å². The first-order chi connectivity index (χ1) is 14.5. The summed E-state index contributed by atoms with van der Waals surface area (Å²) >= 11 is 0. The number of hydrogen-bond acceptors (Lipinski definition) is 5. The number of hydrogen-bond donors (Lipinski definition) is 2. The lowest BCUT2D eigenvalue weighted by atomic mass is 9.98. The van der Waals surface area contributed by atoms with E-state index in [4.69, 9.17) is 9.47 Å². The van der Waals surface area contributed by atoms with E-state index in [1.165, 1.54) is 6.07 Å². The lowest BCUT2D eigenvalue weighted by molar-refractivity contribution is -0.124. The molecule has 0 saturated heterocycles. The van der Waals surface area contributed by atoms with Gasteiger partial charge in [-0.2, -0.15) is 0 Å². The van der Waals surface area contributed by atoms with Crippen molar-refractivity contribution in [2.75, 3.05) is 13.7 Å². The van der Waals surface area contributed by atoms with Crippen LogP contribution in [0.15, 0.2) is 72.8 Å².